The van der Waals surface area contributed by atoms with Gasteiger partial charge in [-0.05, 0) is 13.0 Å². The first-order chi connectivity index (χ1) is 8.49. The molecule has 0 bridgehead atoms. The molecule has 18 heavy (non-hydrogen) atoms. The molecule has 0 saturated heterocycles. The molecule has 1 atom stereocenters. The highest BCUT2D eigenvalue weighted by atomic mass is 19.1. The van der Waals surface area contributed by atoms with Crippen molar-refractivity contribution in [2.24, 2.45) is 5.73 Å². The van der Waals surface area contributed by atoms with Gasteiger partial charge in [0.15, 0.2) is 5.82 Å². The third kappa shape index (κ3) is 2.41. The summed E-state index contributed by atoms with van der Waals surface area (Å²) in [6.07, 6.45) is 0. The quantitative estimate of drug-likeness (QED) is 0.908. The number of benzene rings is 1. The summed E-state index contributed by atoms with van der Waals surface area (Å²) < 4.78 is 18.8. The topological polar surface area (TPSA) is 64.9 Å². The number of hydrogen-bond acceptors (Lipinski definition) is 4. The molecule has 0 saturated carbocycles. The van der Waals surface area contributed by atoms with Gasteiger partial charge >= 0.3 is 0 Å². The van der Waals surface area contributed by atoms with Crippen LogP contribution >= 0.6 is 0 Å². The van der Waals surface area contributed by atoms with Crippen LogP contribution in [0.5, 0.6) is 0 Å². The van der Waals surface area contributed by atoms with Gasteiger partial charge in [0.05, 0.1) is 6.04 Å². The summed E-state index contributed by atoms with van der Waals surface area (Å²) >= 11 is 0. The molecule has 0 aliphatic rings. The van der Waals surface area contributed by atoms with E-state index in [0.717, 1.165) is 5.56 Å². The van der Waals surface area contributed by atoms with Crippen LogP contribution in [-0.4, -0.2) is 10.1 Å². The summed E-state index contributed by atoms with van der Waals surface area (Å²) in [7, 11) is 0. The lowest BCUT2D eigenvalue weighted by molar-refractivity contribution is 0.359. The molecular weight excluding hydrogens is 233 g/mol. The van der Waals surface area contributed by atoms with E-state index < -0.39 is 6.04 Å². The van der Waals surface area contributed by atoms with Gasteiger partial charge in [0.1, 0.15) is 5.82 Å². The third-order valence-electron chi connectivity index (χ3n) is 2.72. The van der Waals surface area contributed by atoms with Gasteiger partial charge in [-0.2, -0.15) is 4.98 Å². The Morgan fingerprint density at radius 3 is 2.67 bits per heavy atom. The standard InChI is InChI=1S/C13H16FN3O/c1-7(2)13-16-12(17-18-13)11(15)9-6-8(3)4-5-10(9)14/h4-7,11H,15H2,1-3H3. The number of hydrogen-bond donors (Lipinski definition) is 1. The molecule has 1 heterocycles. The molecule has 0 aliphatic heterocycles. The number of halogens is 1. The Labute approximate surface area is 105 Å². The summed E-state index contributed by atoms with van der Waals surface area (Å²) in [6.45, 7) is 5.76. The van der Waals surface area contributed by atoms with Crippen molar-refractivity contribution in [2.75, 3.05) is 0 Å². The molecule has 2 N–H and O–H groups in total. The van der Waals surface area contributed by atoms with Crippen molar-refractivity contribution < 1.29 is 8.91 Å². The van der Waals surface area contributed by atoms with Crippen LogP contribution in [0.3, 0.4) is 0 Å². The maximum Gasteiger partial charge on any atom is 0.229 e. The second-order valence-corrected chi connectivity index (χ2v) is 4.65. The number of rotatable bonds is 3. The molecule has 2 rings (SSSR count). The molecule has 0 radical (unpaired) electrons. The largest absolute Gasteiger partial charge is 0.339 e. The molecule has 2 aromatic rings. The van der Waals surface area contributed by atoms with Crippen LogP contribution < -0.4 is 5.73 Å². The second kappa shape index (κ2) is 4.86. The van der Waals surface area contributed by atoms with E-state index in [1.54, 1.807) is 12.1 Å². The fraction of sp³-hybridized carbons (Fsp3) is 0.385. The Morgan fingerprint density at radius 2 is 2.06 bits per heavy atom. The molecule has 0 aliphatic carbocycles. The summed E-state index contributed by atoms with van der Waals surface area (Å²) in [6, 6.07) is 4.09. The Bertz CT molecular complexity index is 551. The normalized spacial score (nSPS) is 13.0. The van der Waals surface area contributed by atoms with Crippen molar-refractivity contribution in [3.8, 4) is 0 Å². The highest BCUT2D eigenvalue weighted by molar-refractivity contribution is 5.30. The fourth-order valence-corrected chi connectivity index (χ4v) is 1.65. The van der Waals surface area contributed by atoms with Crippen LogP contribution in [0, 0.1) is 12.7 Å². The zero-order chi connectivity index (χ0) is 13.3. The van der Waals surface area contributed by atoms with Gasteiger partial charge in [0.2, 0.25) is 5.89 Å². The number of aromatic nitrogens is 2. The highest BCUT2D eigenvalue weighted by Gasteiger charge is 2.20. The first-order valence-electron chi connectivity index (χ1n) is 5.84. The molecule has 1 unspecified atom stereocenters. The molecule has 4 nitrogen and oxygen atoms in total. The molecule has 5 heteroatoms. The first kappa shape index (κ1) is 12.7. The van der Waals surface area contributed by atoms with Gasteiger partial charge in [-0.25, -0.2) is 4.39 Å². The van der Waals surface area contributed by atoms with Crippen LogP contribution in [-0.2, 0) is 0 Å². The van der Waals surface area contributed by atoms with Crippen molar-refractivity contribution >= 4 is 0 Å². The van der Waals surface area contributed by atoms with Gasteiger partial charge in [-0.3, -0.25) is 0 Å². The maximum atomic E-state index is 13.7. The van der Waals surface area contributed by atoms with Crippen molar-refractivity contribution in [3.63, 3.8) is 0 Å². The molecule has 1 aromatic heterocycles. The van der Waals surface area contributed by atoms with Gasteiger partial charge in [0.25, 0.3) is 0 Å². The van der Waals surface area contributed by atoms with E-state index in [1.807, 2.05) is 20.8 Å². The Balaban J connectivity index is 2.34. The van der Waals surface area contributed by atoms with Gasteiger partial charge in [-0.1, -0.05) is 36.7 Å². The SMILES string of the molecule is Cc1ccc(F)c(C(N)c2noc(C(C)C)n2)c1. The molecule has 0 amide bonds. The zero-order valence-electron chi connectivity index (χ0n) is 10.6. The molecule has 1 aromatic carbocycles. The van der Waals surface area contributed by atoms with Crippen molar-refractivity contribution in [3.05, 3.63) is 46.9 Å². The van der Waals surface area contributed by atoms with E-state index >= 15 is 0 Å². The van der Waals surface area contributed by atoms with E-state index in [4.69, 9.17) is 10.3 Å². The minimum Gasteiger partial charge on any atom is -0.339 e. The van der Waals surface area contributed by atoms with E-state index in [1.165, 1.54) is 6.07 Å². The third-order valence-corrected chi connectivity index (χ3v) is 2.72. The molecule has 96 valence electrons. The second-order valence-electron chi connectivity index (χ2n) is 4.65. The number of aryl methyl sites for hydroxylation is 1. The summed E-state index contributed by atoms with van der Waals surface area (Å²) in [5, 5.41) is 3.81. The Morgan fingerprint density at radius 1 is 1.33 bits per heavy atom. The Kier molecular flexibility index (Phi) is 3.43. The average molecular weight is 249 g/mol. The zero-order valence-corrected chi connectivity index (χ0v) is 10.6. The van der Waals surface area contributed by atoms with Crippen molar-refractivity contribution in [2.45, 2.75) is 32.7 Å². The summed E-state index contributed by atoms with van der Waals surface area (Å²) in [5.74, 6) is 0.585. The van der Waals surface area contributed by atoms with Crippen LogP contribution in [0.25, 0.3) is 0 Å². The average Bonchev–Trinajstić information content (AvgIpc) is 2.81. The monoisotopic (exact) mass is 249 g/mol. The van der Waals surface area contributed by atoms with Crippen molar-refractivity contribution in [1.29, 1.82) is 0 Å². The predicted octanol–water partition coefficient (Wildman–Crippen LogP) is 2.69. The minimum atomic E-state index is -0.707. The smallest absolute Gasteiger partial charge is 0.229 e. The maximum absolute atomic E-state index is 13.7. The lowest BCUT2D eigenvalue weighted by atomic mass is 10.0. The highest BCUT2D eigenvalue weighted by Crippen LogP contribution is 2.22. The fourth-order valence-electron chi connectivity index (χ4n) is 1.65. The van der Waals surface area contributed by atoms with E-state index in [-0.39, 0.29) is 11.7 Å². The molecule has 0 spiro atoms. The van der Waals surface area contributed by atoms with Crippen LogP contribution in [0.4, 0.5) is 4.39 Å². The van der Waals surface area contributed by atoms with Crippen molar-refractivity contribution in [1.82, 2.24) is 10.1 Å². The Hall–Kier alpha value is -1.75. The van der Waals surface area contributed by atoms with E-state index in [2.05, 4.69) is 10.1 Å². The number of nitrogens with zero attached hydrogens (tertiary/aromatic N) is 2. The minimum absolute atomic E-state index is 0.126. The summed E-state index contributed by atoms with van der Waals surface area (Å²) in [4.78, 5) is 4.19. The lowest BCUT2D eigenvalue weighted by Gasteiger charge is -2.09. The molecular formula is C13H16FN3O. The van der Waals surface area contributed by atoms with E-state index in [0.29, 0.717) is 17.3 Å². The van der Waals surface area contributed by atoms with Crippen LogP contribution in [0.2, 0.25) is 0 Å². The predicted molar refractivity (Wildman–Crippen MR) is 65.6 cm³/mol. The number of nitrogens with two attached hydrogens (primary N) is 1. The lowest BCUT2D eigenvalue weighted by Crippen LogP contribution is -2.15. The van der Waals surface area contributed by atoms with Gasteiger partial charge < -0.3 is 10.3 Å². The van der Waals surface area contributed by atoms with Crippen LogP contribution in [0.1, 0.15) is 48.6 Å². The van der Waals surface area contributed by atoms with Crippen LogP contribution in [0.15, 0.2) is 22.7 Å². The summed E-state index contributed by atoms with van der Waals surface area (Å²) in [5.41, 5.74) is 7.29. The molecule has 0 fully saturated rings. The van der Waals surface area contributed by atoms with Gasteiger partial charge in [0, 0.05) is 11.5 Å². The first-order valence-corrected chi connectivity index (χ1v) is 5.84. The van der Waals surface area contributed by atoms with E-state index in [9.17, 15) is 4.39 Å². The van der Waals surface area contributed by atoms with Gasteiger partial charge in [-0.15, -0.1) is 0 Å².